The summed E-state index contributed by atoms with van der Waals surface area (Å²) in [5.41, 5.74) is 2.61. The highest BCUT2D eigenvalue weighted by atomic mass is 19.1. The maximum Gasteiger partial charge on any atom is 0.407 e. The summed E-state index contributed by atoms with van der Waals surface area (Å²) in [4.78, 5) is 38.0. The lowest BCUT2D eigenvalue weighted by Crippen LogP contribution is -2.53. The average Bonchev–Trinajstić information content (AvgIpc) is 2.83. The first kappa shape index (κ1) is 23.3. The van der Waals surface area contributed by atoms with E-state index in [0.717, 1.165) is 5.56 Å². The van der Waals surface area contributed by atoms with Gasteiger partial charge in [0.05, 0.1) is 11.3 Å². The number of benzene rings is 1. The fourth-order valence-electron chi connectivity index (χ4n) is 4.06. The third kappa shape index (κ3) is 5.20. The molecule has 3 heterocycles. The molecule has 8 nitrogen and oxygen atoms in total. The first-order valence-electron chi connectivity index (χ1n) is 11.0. The standard InChI is InChI=1S/C25H26FN5O3/c1-17-15-30(10-11-31(17)25(33)34)16-18-6-9-23(28-13-18)29(2)24(32)20-7-8-22(27-14-20)19-4-3-5-21(26)12-19/h3-9,12-14,17H,10-11,15-16H2,1-2H3,(H,33,34)/t17-/m0/s1. The highest BCUT2D eigenvalue weighted by molar-refractivity contribution is 6.05. The Hall–Kier alpha value is -3.85. The van der Waals surface area contributed by atoms with Crippen molar-refractivity contribution in [3.8, 4) is 11.3 Å². The summed E-state index contributed by atoms with van der Waals surface area (Å²) < 4.78 is 13.5. The number of pyridine rings is 2. The van der Waals surface area contributed by atoms with Crippen molar-refractivity contribution in [2.75, 3.05) is 31.6 Å². The van der Waals surface area contributed by atoms with E-state index in [4.69, 9.17) is 0 Å². The van der Waals surface area contributed by atoms with Crippen LogP contribution < -0.4 is 4.90 Å². The number of piperazine rings is 1. The van der Waals surface area contributed by atoms with E-state index in [2.05, 4.69) is 14.9 Å². The van der Waals surface area contributed by atoms with Crippen molar-refractivity contribution in [2.24, 2.45) is 0 Å². The number of hydrogen-bond donors (Lipinski definition) is 1. The van der Waals surface area contributed by atoms with E-state index in [1.54, 1.807) is 43.6 Å². The Labute approximate surface area is 197 Å². The van der Waals surface area contributed by atoms with Crippen LogP contribution in [0, 0.1) is 5.82 Å². The molecule has 9 heteroatoms. The maximum atomic E-state index is 13.5. The van der Waals surface area contributed by atoms with Crippen molar-refractivity contribution in [2.45, 2.75) is 19.5 Å². The summed E-state index contributed by atoms with van der Waals surface area (Å²) >= 11 is 0. The van der Waals surface area contributed by atoms with Gasteiger partial charge in [0.1, 0.15) is 11.6 Å². The van der Waals surface area contributed by atoms with Gasteiger partial charge in [-0.3, -0.25) is 19.6 Å². The van der Waals surface area contributed by atoms with E-state index in [-0.39, 0.29) is 17.8 Å². The summed E-state index contributed by atoms with van der Waals surface area (Å²) in [7, 11) is 1.65. The number of carbonyl (C=O) groups excluding carboxylic acids is 1. The molecule has 1 fully saturated rings. The number of carbonyl (C=O) groups is 2. The molecule has 0 saturated carbocycles. The molecule has 3 aromatic rings. The Morgan fingerprint density at radius 2 is 1.94 bits per heavy atom. The number of anilines is 1. The number of carboxylic acid groups (broad SMARTS) is 1. The summed E-state index contributed by atoms with van der Waals surface area (Å²) in [5, 5.41) is 9.22. The van der Waals surface area contributed by atoms with Gasteiger partial charge in [0, 0.05) is 57.2 Å². The zero-order valence-corrected chi connectivity index (χ0v) is 19.1. The van der Waals surface area contributed by atoms with E-state index < -0.39 is 6.09 Å². The first-order valence-corrected chi connectivity index (χ1v) is 11.0. The molecule has 34 heavy (non-hydrogen) atoms. The van der Waals surface area contributed by atoms with Crippen LogP contribution in [0.25, 0.3) is 11.3 Å². The van der Waals surface area contributed by atoms with Crippen LogP contribution in [0.1, 0.15) is 22.8 Å². The van der Waals surface area contributed by atoms with Crippen LogP contribution in [0.5, 0.6) is 0 Å². The molecule has 4 rings (SSSR count). The van der Waals surface area contributed by atoms with E-state index in [9.17, 15) is 19.1 Å². The van der Waals surface area contributed by atoms with Gasteiger partial charge in [-0.25, -0.2) is 14.2 Å². The Morgan fingerprint density at radius 3 is 2.56 bits per heavy atom. The van der Waals surface area contributed by atoms with Gasteiger partial charge in [0.2, 0.25) is 0 Å². The molecule has 1 aromatic carbocycles. The Bertz CT molecular complexity index is 1170. The summed E-state index contributed by atoms with van der Waals surface area (Å²) in [5.74, 6) is -0.0880. The van der Waals surface area contributed by atoms with Crippen molar-refractivity contribution in [3.05, 3.63) is 77.9 Å². The van der Waals surface area contributed by atoms with Crippen molar-refractivity contribution in [1.82, 2.24) is 19.8 Å². The molecule has 2 aromatic heterocycles. The van der Waals surface area contributed by atoms with Crippen molar-refractivity contribution in [3.63, 3.8) is 0 Å². The Morgan fingerprint density at radius 1 is 1.12 bits per heavy atom. The molecule has 1 saturated heterocycles. The smallest absolute Gasteiger partial charge is 0.407 e. The van der Waals surface area contributed by atoms with Gasteiger partial charge in [-0.15, -0.1) is 0 Å². The number of rotatable bonds is 5. The van der Waals surface area contributed by atoms with E-state index in [0.29, 0.717) is 48.8 Å². The van der Waals surface area contributed by atoms with Crippen LogP contribution >= 0.6 is 0 Å². The van der Waals surface area contributed by atoms with E-state index >= 15 is 0 Å². The molecule has 0 radical (unpaired) electrons. The minimum atomic E-state index is -0.885. The monoisotopic (exact) mass is 463 g/mol. The SMILES string of the molecule is C[C@H]1CN(Cc2ccc(N(C)C(=O)c3ccc(-c4cccc(F)c4)nc3)nc2)CCN1C(=O)O. The van der Waals surface area contributed by atoms with Gasteiger partial charge >= 0.3 is 6.09 Å². The molecule has 0 aliphatic carbocycles. The second kappa shape index (κ2) is 9.96. The lowest BCUT2D eigenvalue weighted by atomic mass is 10.1. The lowest BCUT2D eigenvalue weighted by Gasteiger charge is -2.38. The molecule has 0 spiro atoms. The Balaban J connectivity index is 1.38. The predicted octanol–water partition coefficient (Wildman–Crippen LogP) is 3.74. The number of aromatic nitrogens is 2. The fourth-order valence-corrected chi connectivity index (χ4v) is 4.06. The van der Waals surface area contributed by atoms with Gasteiger partial charge in [-0.2, -0.15) is 0 Å². The fraction of sp³-hybridized carbons (Fsp3) is 0.280. The van der Waals surface area contributed by atoms with Crippen LogP contribution in [0.2, 0.25) is 0 Å². The molecule has 1 aliphatic heterocycles. The summed E-state index contributed by atoms with van der Waals surface area (Å²) in [6.07, 6.45) is 2.33. The van der Waals surface area contributed by atoms with Gasteiger partial charge in [0.15, 0.2) is 0 Å². The van der Waals surface area contributed by atoms with Gasteiger partial charge < -0.3 is 10.0 Å². The number of halogens is 1. The first-order chi connectivity index (χ1) is 16.3. The molecular weight excluding hydrogens is 437 g/mol. The van der Waals surface area contributed by atoms with Crippen molar-refractivity contribution in [1.29, 1.82) is 0 Å². The second-order valence-corrected chi connectivity index (χ2v) is 8.39. The topological polar surface area (TPSA) is 89.9 Å². The van der Waals surface area contributed by atoms with E-state index in [1.807, 2.05) is 13.0 Å². The number of hydrogen-bond acceptors (Lipinski definition) is 5. The zero-order chi connectivity index (χ0) is 24.2. The third-order valence-corrected chi connectivity index (χ3v) is 5.95. The van der Waals surface area contributed by atoms with Gasteiger partial charge in [-0.1, -0.05) is 18.2 Å². The molecule has 2 amide bonds. The predicted molar refractivity (Wildman–Crippen MR) is 126 cm³/mol. The number of amides is 2. The molecular formula is C25H26FN5O3. The van der Waals surface area contributed by atoms with Crippen molar-refractivity contribution >= 4 is 17.8 Å². The van der Waals surface area contributed by atoms with Crippen LogP contribution in [-0.4, -0.2) is 69.6 Å². The van der Waals surface area contributed by atoms with Crippen molar-refractivity contribution < 1.29 is 19.1 Å². The second-order valence-electron chi connectivity index (χ2n) is 8.39. The average molecular weight is 464 g/mol. The van der Waals surface area contributed by atoms with Crippen LogP contribution in [0.15, 0.2) is 60.9 Å². The lowest BCUT2D eigenvalue weighted by molar-refractivity contribution is 0.0710. The highest BCUT2D eigenvalue weighted by Crippen LogP contribution is 2.20. The largest absolute Gasteiger partial charge is 0.465 e. The van der Waals surface area contributed by atoms with Crippen LogP contribution in [0.4, 0.5) is 15.0 Å². The maximum absolute atomic E-state index is 13.5. The van der Waals surface area contributed by atoms with Crippen LogP contribution in [-0.2, 0) is 6.54 Å². The van der Waals surface area contributed by atoms with Gasteiger partial charge in [0.25, 0.3) is 5.91 Å². The van der Waals surface area contributed by atoms with Crippen LogP contribution in [0.3, 0.4) is 0 Å². The summed E-state index contributed by atoms with van der Waals surface area (Å²) in [6, 6.07) is 13.1. The molecule has 1 aliphatic rings. The zero-order valence-electron chi connectivity index (χ0n) is 19.1. The molecule has 1 N–H and O–H groups in total. The van der Waals surface area contributed by atoms with Gasteiger partial charge in [-0.05, 0) is 42.8 Å². The normalized spacial score (nSPS) is 16.3. The van der Waals surface area contributed by atoms with E-state index in [1.165, 1.54) is 28.1 Å². The minimum Gasteiger partial charge on any atom is -0.465 e. The molecule has 176 valence electrons. The highest BCUT2D eigenvalue weighted by Gasteiger charge is 2.27. The quantitative estimate of drug-likeness (QED) is 0.620. The minimum absolute atomic E-state index is 0.0665. The molecule has 1 atom stereocenters. The number of nitrogens with zero attached hydrogens (tertiary/aromatic N) is 5. The molecule has 0 bridgehead atoms. The Kier molecular flexibility index (Phi) is 6.83. The summed E-state index contributed by atoms with van der Waals surface area (Å²) in [6.45, 7) is 4.36. The molecule has 0 unspecified atom stereocenters. The third-order valence-electron chi connectivity index (χ3n) is 5.95.